The average molecular weight is 412 g/mol. The van der Waals surface area contributed by atoms with Gasteiger partial charge >= 0.3 is 0 Å². The molecule has 1 aromatic rings. The predicted octanol–water partition coefficient (Wildman–Crippen LogP) is 2.76. The van der Waals surface area contributed by atoms with Crippen molar-refractivity contribution in [3.8, 4) is 0 Å². The summed E-state index contributed by atoms with van der Waals surface area (Å²) >= 11 is 0. The molecular weight excluding hydrogens is 374 g/mol. The fraction of sp³-hybridized carbons (Fsp3) is 0.720. The quantitative estimate of drug-likeness (QED) is 0.668. The van der Waals surface area contributed by atoms with E-state index >= 15 is 0 Å². The summed E-state index contributed by atoms with van der Waals surface area (Å²) in [6, 6.07) is 10.8. The van der Waals surface area contributed by atoms with Crippen LogP contribution in [0.5, 0.6) is 0 Å². The van der Waals surface area contributed by atoms with Crippen LogP contribution in [0.2, 0.25) is 0 Å². The van der Waals surface area contributed by atoms with E-state index in [2.05, 4.69) is 39.4 Å². The normalized spacial score (nSPS) is 33.7. The highest BCUT2D eigenvalue weighted by Crippen LogP contribution is 2.53. The Morgan fingerprint density at radius 1 is 0.900 bits per heavy atom. The molecule has 1 saturated heterocycles. The molecule has 5 aliphatic rings. The largest absolute Gasteiger partial charge is 0.375 e. The summed E-state index contributed by atoms with van der Waals surface area (Å²) in [4.78, 5) is 17.5. The van der Waals surface area contributed by atoms with Crippen LogP contribution in [0.25, 0.3) is 0 Å². The third kappa shape index (κ3) is 4.90. The highest BCUT2D eigenvalue weighted by Gasteiger charge is 2.48. The zero-order chi connectivity index (χ0) is 20.3. The number of rotatable bonds is 8. The third-order valence-electron chi connectivity index (χ3n) is 8.05. The van der Waals surface area contributed by atoms with E-state index in [1.54, 1.807) is 0 Å². The topological polar surface area (TPSA) is 44.8 Å². The van der Waals surface area contributed by atoms with E-state index in [1.807, 2.05) is 6.07 Å². The van der Waals surface area contributed by atoms with Gasteiger partial charge in [0.15, 0.2) is 0 Å². The second kappa shape index (κ2) is 9.37. The highest BCUT2D eigenvalue weighted by molar-refractivity contribution is 5.78. The number of ether oxygens (including phenoxy) is 1. The van der Waals surface area contributed by atoms with Crippen molar-refractivity contribution in [2.45, 2.75) is 44.8 Å². The molecule has 5 fully saturated rings. The van der Waals surface area contributed by atoms with E-state index < -0.39 is 0 Å². The second-order valence-electron chi connectivity index (χ2n) is 10.2. The average Bonchev–Trinajstić information content (AvgIpc) is 2.75. The van der Waals surface area contributed by atoms with Gasteiger partial charge in [0.25, 0.3) is 0 Å². The summed E-state index contributed by atoms with van der Waals surface area (Å²) in [5, 5.41) is 3.46. The third-order valence-corrected chi connectivity index (χ3v) is 8.05. The van der Waals surface area contributed by atoms with Gasteiger partial charge in [-0.25, -0.2) is 0 Å². The van der Waals surface area contributed by atoms with Gasteiger partial charge in [-0.1, -0.05) is 30.3 Å². The van der Waals surface area contributed by atoms with Gasteiger partial charge in [-0.05, 0) is 61.3 Å². The molecule has 5 nitrogen and oxygen atoms in total. The van der Waals surface area contributed by atoms with E-state index in [-0.39, 0.29) is 5.91 Å². The van der Waals surface area contributed by atoms with Crippen LogP contribution in [0.3, 0.4) is 0 Å². The van der Waals surface area contributed by atoms with Gasteiger partial charge in [-0.2, -0.15) is 0 Å². The Labute approximate surface area is 181 Å². The summed E-state index contributed by atoms with van der Waals surface area (Å²) < 4.78 is 5.83. The Bertz CT molecular complexity index is 674. The minimum Gasteiger partial charge on any atom is -0.375 e. The molecule has 4 bridgehead atoms. The first-order valence-electron chi connectivity index (χ1n) is 12.1. The van der Waals surface area contributed by atoms with Crippen molar-refractivity contribution < 1.29 is 9.53 Å². The molecule has 30 heavy (non-hydrogen) atoms. The number of carbonyl (C=O) groups excluding carboxylic acids is 1. The van der Waals surface area contributed by atoms with Crippen LogP contribution in [0.4, 0.5) is 0 Å². The van der Waals surface area contributed by atoms with Crippen LogP contribution < -0.4 is 5.32 Å². The monoisotopic (exact) mass is 411 g/mol. The number of amides is 1. The molecule has 0 aromatic heterocycles. The Morgan fingerprint density at radius 3 is 2.20 bits per heavy atom. The van der Waals surface area contributed by atoms with Crippen molar-refractivity contribution in [2.75, 3.05) is 45.9 Å². The van der Waals surface area contributed by atoms with E-state index in [4.69, 9.17) is 4.74 Å². The smallest absolute Gasteiger partial charge is 0.234 e. The number of hydrogen-bond donors (Lipinski definition) is 1. The Hall–Kier alpha value is -1.43. The van der Waals surface area contributed by atoms with Crippen LogP contribution in [0.15, 0.2) is 30.3 Å². The number of nitrogens with one attached hydrogen (secondary N) is 1. The second-order valence-corrected chi connectivity index (χ2v) is 10.2. The molecule has 0 spiro atoms. The van der Waals surface area contributed by atoms with Crippen molar-refractivity contribution in [3.63, 3.8) is 0 Å². The van der Waals surface area contributed by atoms with Crippen LogP contribution in [0, 0.1) is 23.7 Å². The first-order chi connectivity index (χ1) is 14.7. The van der Waals surface area contributed by atoms with Crippen molar-refractivity contribution in [1.82, 2.24) is 15.1 Å². The number of nitrogens with zero attached hydrogens (tertiary/aromatic N) is 2. The number of piperazine rings is 1. The molecule has 1 aliphatic heterocycles. The molecule has 1 heterocycles. The van der Waals surface area contributed by atoms with E-state index in [0.29, 0.717) is 19.2 Å². The van der Waals surface area contributed by atoms with Gasteiger partial charge in [0, 0.05) is 38.8 Å². The lowest BCUT2D eigenvalue weighted by Crippen LogP contribution is -2.57. The number of hydrogen-bond acceptors (Lipinski definition) is 4. The number of benzene rings is 1. The molecule has 0 radical (unpaired) electrons. The summed E-state index contributed by atoms with van der Waals surface area (Å²) in [6.45, 7) is 7.01. The molecule has 1 aromatic carbocycles. The SMILES string of the molecule is O=C(CN1CCN(CCOCc2ccccc2)CC1)NC1C2CC3CC(C2)CC1C3. The molecular formula is C25H37N3O2. The van der Waals surface area contributed by atoms with Gasteiger partial charge < -0.3 is 10.1 Å². The Morgan fingerprint density at radius 2 is 1.53 bits per heavy atom. The lowest BCUT2D eigenvalue weighted by atomic mass is 9.54. The molecule has 164 valence electrons. The fourth-order valence-electron chi connectivity index (χ4n) is 6.72. The lowest BCUT2D eigenvalue weighted by molar-refractivity contribution is -0.126. The van der Waals surface area contributed by atoms with Gasteiger partial charge in [0.05, 0.1) is 19.8 Å². The highest BCUT2D eigenvalue weighted by atomic mass is 16.5. The van der Waals surface area contributed by atoms with Crippen LogP contribution in [0.1, 0.15) is 37.7 Å². The van der Waals surface area contributed by atoms with E-state index in [1.165, 1.54) is 37.7 Å². The van der Waals surface area contributed by atoms with Gasteiger partial charge in [0.2, 0.25) is 5.91 Å². The summed E-state index contributed by atoms with van der Waals surface area (Å²) in [5.41, 5.74) is 1.23. The zero-order valence-electron chi connectivity index (χ0n) is 18.2. The summed E-state index contributed by atoms with van der Waals surface area (Å²) in [6.07, 6.45) is 6.92. The van der Waals surface area contributed by atoms with Crippen molar-refractivity contribution in [2.24, 2.45) is 23.7 Å². The Balaban J connectivity index is 0.982. The van der Waals surface area contributed by atoms with Crippen molar-refractivity contribution >= 4 is 5.91 Å². The maximum absolute atomic E-state index is 12.7. The van der Waals surface area contributed by atoms with Crippen LogP contribution in [-0.4, -0.2) is 67.6 Å². The van der Waals surface area contributed by atoms with Gasteiger partial charge in [-0.3, -0.25) is 14.6 Å². The van der Waals surface area contributed by atoms with Crippen LogP contribution >= 0.6 is 0 Å². The lowest BCUT2D eigenvalue weighted by Gasteiger charge is -2.54. The maximum atomic E-state index is 12.7. The zero-order valence-corrected chi connectivity index (χ0v) is 18.2. The molecule has 0 unspecified atom stereocenters. The molecule has 1 N–H and O–H groups in total. The first kappa shape index (κ1) is 20.5. The molecule has 4 aliphatic carbocycles. The van der Waals surface area contributed by atoms with Gasteiger partial charge in [-0.15, -0.1) is 0 Å². The standard InChI is InChI=1S/C25H37N3O2/c29-24(26-25-22-13-20-12-21(15-22)16-23(25)14-20)17-28-8-6-27(7-9-28)10-11-30-18-19-4-2-1-3-5-19/h1-5,20-23,25H,6-18H2,(H,26,29). The summed E-state index contributed by atoms with van der Waals surface area (Å²) in [5.74, 6) is 3.71. The van der Waals surface area contributed by atoms with Crippen LogP contribution in [-0.2, 0) is 16.1 Å². The molecule has 4 saturated carbocycles. The molecule has 0 atom stereocenters. The minimum atomic E-state index is 0.257. The fourth-order valence-corrected chi connectivity index (χ4v) is 6.72. The molecule has 1 amide bonds. The molecule has 5 heteroatoms. The Kier molecular flexibility index (Phi) is 6.40. The van der Waals surface area contributed by atoms with Gasteiger partial charge in [0.1, 0.15) is 0 Å². The minimum absolute atomic E-state index is 0.257. The van der Waals surface area contributed by atoms with Crippen molar-refractivity contribution in [3.05, 3.63) is 35.9 Å². The maximum Gasteiger partial charge on any atom is 0.234 e. The summed E-state index contributed by atoms with van der Waals surface area (Å²) in [7, 11) is 0. The molecule has 6 rings (SSSR count). The van der Waals surface area contributed by atoms with E-state index in [0.717, 1.165) is 63.0 Å². The van der Waals surface area contributed by atoms with E-state index in [9.17, 15) is 4.79 Å². The first-order valence-corrected chi connectivity index (χ1v) is 12.1. The predicted molar refractivity (Wildman–Crippen MR) is 118 cm³/mol. The number of carbonyl (C=O) groups is 1. The van der Waals surface area contributed by atoms with Crippen molar-refractivity contribution in [1.29, 1.82) is 0 Å².